The first-order valence-corrected chi connectivity index (χ1v) is 7.48. The molecule has 116 valence electrons. The number of nitrogens with zero attached hydrogens (tertiary/aromatic N) is 3. The van der Waals surface area contributed by atoms with Crippen molar-refractivity contribution in [3.8, 4) is 0 Å². The number of rotatable bonds is 2. The van der Waals surface area contributed by atoms with Crippen LogP contribution in [0.25, 0.3) is 0 Å². The molecule has 3 rings (SSSR count). The molecule has 1 aliphatic heterocycles. The standard InChI is InChI=1S/C14H15Cl2N5O/c1-8-10-6-20(5-9-2-3-11(15)12(16)4-9)7-18-13(10)21(22)14(17)19-8/h2-4,17-18,22H,5-7H2,1H3. The van der Waals surface area contributed by atoms with Crippen molar-refractivity contribution < 1.29 is 5.21 Å². The quantitative estimate of drug-likeness (QED) is 0.735. The Kier molecular flexibility index (Phi) is 3.99. The molecule has 0 saturated heterocycles. The zero-order valence-electron chi connectivity index (χ0n) is 11.9. The Labute approximate surface area is 137 Å². The lowest BCUT2D eigenvalue weighted by molar-refractivity contribution is 0.161. The highest BCUT2D eigenvalue weighted by molar-refractivity contribution is 6.42. The fraction of sp³-hybridized carbons (Fsp3) is 0.286. The molecule has 0 spiro atoms. The minimum atomic E-state index is -0.179. The van der Waals surface area contributed by atoms with E-state index in [1.165, 1.54) is 0 Å². The Hall–Kier alpha value is -1.76. The third-order valence-electron chi connectivity index (χ3n) is 3.65. The van der Waals surface area contributed by atoms with Gasteiger partial charge >= 0.3 is 0 Å². The maximum Gasteiger partial charge on any atom is 0.257 e. The zero-order chi connectivity index (χ0) is 15.9. The van der Waals surface area contributed by atoms with Crippen LogP contribution in [-0.4, -0.2) is 26.5 Å². The molecule has 2 heterocycles. The number of halogens is 2. The van der Waals surface area contributed by atoms with Gasteiger partial charge in [-0.05, 0) is 24.6 Å². The average molecular weight is 340 g/mol. The fourth-order valence-electron chi connectivity index (χ4n) is 2.52. The predicted octanol–water partition coefficient (Wildman–Crippen LogP) is 2.60. The van der Waals surface area contributed by atoms with Crippen LogP contribution >= 0.6 is 23.2 Å². The highest BCUT2D eigenvalue weighted by Gasteiger charge is 2.22. The molecule has 0 fully saturated rings. The molecule has 6 nitrogen and oxygen atoms in total. The molecule has 8 heteroatoms. The van der Waals surface area contributed by atoms with E-state index in [2.05, 4.69) is 15.2 Å². The lowest BCUT2D eigenvalue weighted by Gasteiger charge is -2.31. The summed E-state index contributed by atoms with van der Waals surface area (Å²) in [7, 11) is 0. The molecule has 22 heavy (non-hydrogen) atoms. The first-order valence-electron chi connectivity index (χ1n) is 6.72. The molecule has 0 saturated carbocycles. The Morgan fingerprint density at radius 2 is 2.14 bits per heavy atom. The second kappa shape index (κ2) is 5.79. The van der Waals surface area contributed by atoms with E-state index in [9.17, 15) is 5.21 Å². The van der Waals surface area contributed by atoms with Crippen molar-refractivity contribution >= 4 is 29.0 Å². The number of aryl methyl sites for hydroxylation is 1. The Balaban J connectivity index is 1.84. The summed E-state index contributed by atoms with van der Waals surface area (Å²) >= 11 is 12.0. The number of benzene rings is 1. The summed E-state index contributed by atoms with van der Waals surface area (Å²) in [5.74, 6) is 0.530. The van der Waals surface area contributed by atoms with Crippen LogP contribution in [0.5, 0.6) is 0 Å². The van der Waals surface area contributed by atoms with E-state index in [0.717, 1.165) is 21.6 Å². The molecular weight excluding hydrogens is 325 g/mol. The molecule has 0 aliphatic carbocycles. The van der Waals surface area contributed by atoms with Crippen LogP contribution in [0, 0.1) is 12.3 Å². The lowest BCUT2D eigenvalue weighted by Crippen LogP contribution is -2.38. The fourth-order valence-corrected chi connectivity index (χ4v) is 2.84. The number of hydrogen-bond donors (Lipinski definition) is 3. The van der Waals surface area contributed by atoms with Crippen LogP contribution in [0.3, 0.4) is 0 Å². The number of nitrogens with one attached hydrogen (secondary N) is 2. The summed E-state index contributed by atoms with van der Waals surface area (Å²) in [6, 6.07) is 5.57. The number of aromatic nitrogens is 2. The van der Waals surface area contributed by atoms with Gasteiger partial charge in [0.2, 0.25) is 0 Å². The van der Waals surface area contributed by atoms with Crippen molar-refractivity contribution in [3.05, 3.63) is 50.7 Å². The van der Waals surface area contributed by atoms with E-state index >= 15 is 0 Å². The van der Waals surface area contributed by atoms with Crippen LogP contribution < -0.4 is 10.9 Å². The van der Waals surface area contributed by atoms with Crippen LogP contribution in [0.1, 0.15) is 16.8 Å². The lowest BCUT2D eigenvalue weighted by atomic mass is 10.1. The molecule has 0 unspecified atom stereocenters. The molecule has 0 amide bonds. The average Bonchev–Trinajstić information content (AvgIpc) is 2.49. The Morgan fingerprint density at radius 1 is 1.36 bits per heavy atom. The SMILES string of the molecule is Cc1nc(=N)n(O)c2c1CN(Cc1ccc(Cl)c(Cl)c1)CN2. The van der Waals surface area contributed by atoms with Crippen LogP contribution in [0.4, 0.5) is 5.82 Å². The zero-order valence-corrected chi connectivity index (χ0v) is 13.4. The molecule has 0 atom stereocenters. The maximum absolute atomic E-state index is 9.86. The first-order chi connectivity index (χ1) is 10.5. The van der Waals surface area contributed by atoms with E-state index in [1.54, 1.807) is 6.07 Å². The van der Waals surface area contributed by atoms with Gasteiger partial charge in [-0.1, -0.05) is 29.3 Å². The van der Waals surface area contributed by atoms with Crippen LogP contribution in [0.2, 0.25) is 10.0 Å². The minimum absolute atomic E-state index is 0.179. The molecule has 0 radical (unpaired) electrons. The van der Waals surface area contributed by atoms with Gasteiger partial charge in [-0.3, -0.25) is 10.3 Å². The minimum Gasteiger partial charge on any atom is -0.423 e. The van der Waals surface area contributed by atoms with Gasteiger partial charge in [-0.2, -0.15) is 0 Å². The van der Waals surface area contributed by atoms with Crippen molar-refractivity contribution in [2.75, 3.05) is 12.0 Å². The van der Waals surface area contributed by atoms with Gasteiger partial charge in [0.1, 0.15) is 0 Å². The molecule has 1 aliphatic rings. The third-order valence-corrected chi connectivity index (χ3v) is 4.39. The highest BCUT2D eigenvalue weighted by atomic mass is 35.5. The number of fused-ring (bicyclic) bond motifs is 1. The van der Waals surface area contributed by atoms with E-state index in [4.69, 9.17) is 28.6 Å². The molecule has 3 N–H and O–H groups in total. The van der Waals surface area contributed by atoms with Crippen molar-refractivity contribution in [3.63, 3.8) is 0 Å². The summed E-state index contributed by atoms with van der Waals surface area (Å²) in [4.78, 5) is 6.18. The molecule has 2 aromatic rings. The van der Waals surface area contributed by atoms with Gasteiger partial charge in [0.05, 0.1) is 16.7 Å². The third kappa shape index (κ3) is 2.77. The molecular formula is C14H15Cl2N5O. The summed E-state index contributed by atoms with van der Waals surface area (Å²) in [5.41, 5.74) is 2.49. The van der Waals surface area contributed by atoms with Gasteiger partial charge < -0.3 is 10.5 Å². The van der Waals surface area contributed by atoms with Gasteiger partial charge in [0.25, 0.3) is 5.62 Å². The molecule has 1 aromatic carbocycles. The van der Waals surface area contributed by atoms with Crippen molar-refractivity contribution in [1.29, 1.82) is 5.41 Å². The van der Waals surface area contributed by atoms with Crippen molar-refractivity contribution in [2.24, 2.45) is 0 Å². The summed E-state index contributed by atoms with van der Waals surface area (Å²) < 4.78 is 0.777. The summed E-state index contributed by atoms with van der Waals surface area (Å²) in [6.45, 7) is 3.71. The van der Waals surface area contributed by atoms with Crippen molar-refractivity contribution in [2.45, 2.75) is 20.0 Å². The smallest absolute Gasteiger partial charge is 0.257 e. The highest BCUT2D eigenvalue weighted by Crippen LogP contribution is 2.26. The Morgan fingerprint density at radius 3 is 2.86 bits per heavy atom. The Bertz CT molecular complexity index is 790. The predicted molar refractivity (Wildman–Crippen MR) is 84.2 cm³/mol. The second-order valence-corrected chi connectivity index (χ2v) is 6.04. The monoisotopic (exact) mass is 339 g/mol. The largest absolute Gasteiger partial charge is 0.423 e. The summed E-state index contributed by atoms with van der Waals surface area (Å²) in [6.07, 6.45) is 0. The van der Waals surface area contributed by atoms with E-state index in [0.29, 0.717) is 35.6 Å². The number of anilines is 1. The second-order valence-electron chi connectivity index (χ2n) is 5.23. The van der Waals surface area contributed by atoms with Crippen LogP contribution in [0.15, 0.2) is 18.2 Å². The molecule has 1 aromatic heterocycles. The first kappa shape index (κ1) is 15.1. The summed E-state index contributed by atoms with van der Waals surface area (Å²) in [5, 5.41) is 21.7. The van der Waals surface area contributed by atoms with Gasteiger partial charge in [-0.15, -0.1) is 4.73 Å². The van der Waals surface area contributed by atoms with E-state index < -0.39 is 0 Å². The van der Waals surface area contributed by atoms with Gasteiger partial charge in [-0.25, -0.2) is 4.98 Å². The van der Waals surface area contributed by atoms with Gasteiger partial charge in [0.15, 0.2) is 5.82 Å². The van der Waals surface area contributed by atoms with E-state index in [-0.39, 0.29) is 5.62 Å². The van der Waals surface area contributed by atoms with E-state index in [1.807, 2.05) is 19.1 Å². The normalized spacial score (nSPS) is 14.5. The van der Waals surface area contributed by atoms with Crippen LogP contribution in [-0.2, 0) is 13.1 Å². The van der Waals surface area contributed by atoms with Gasteiger partial charge in [0, 0.05) is 24.3 Å². The topological polar surface area (TPSA) is 77.2 Å². The number of hydrogen-bond acceptors (Lipinski definition) is 5. The molecule has 0 bridgehead atoms. The van der Waals surface area contributed by atoms with Crippen molar-refractivity contribution in [1.82, 2.24) is 14.6 Å². The maximum atomic E-state index is 9.86.